The molecule has 10 heteroatoms. The molecule has 1 aromatic heterocycles. The van der Waals surface area contributed by atoms with Crippen LogP contribution in [0.25, 0.3) is 21.2 Å². The van der Waals surface area contributed by atoms with Crippen molar-refractivity contribution < 1.29 is 23.4 Å². The van der Waals surface area contributed by atoms with Gasteiger partial charge in [-0.2, -0.15) is 0 Å². The van der Waals surface area contributed by atoms with Gasteiger partial charge < -0.3 is 15.0 Å². The van der Waals surface area contributed by atoms with Crippen molar-refractivity contribution in [1.29, 1.82) is 0 Å². The molecule has 5 aromatic rings. The highest BCUT2D eigenvalue weighted by molar-refractivity contribution is 8.23. The van der Waals surface area contributed by atoms with Crippen LogP contribution in [0.3, 0.4) is 0 Å². The third kappa shape index (κ3) is 6.74. The summed E-state index contributed by atoms with van der Waals surface area (Å²) >= 11 is 1.62. The molecule has 0 spiro atoms. The van der Waals surface area contributed by atoms with Gasteiger partial charge in [0.05, 0.1) is 12.0 Å². The summed E-state index contributed by atoms with van der Waals surface area (Å²) in [7, 11) is -2.21. The molecule has 228 valence electrons. The number of methoxy groups -OCH3 is 1. The van der Waals surface area contributed by atoms with E-state index in [1.54, 1.807) is 66.7 Å². The van der Waals surface area contributed by atoms with Crippen LogP contribution in [0, 0.1) is 6.92 Å². The van der Waals surface area contributed by atoms with E-state index >= 15 is 0 Å². The topological polar surface area (TPSA) is 111 Å². The molecule has 0 aliphatic carbocycles. The number of amides is 3. The van der Waals surface area contributed by atoms with Gasteiger partial charge >= 0.3 is 6.03 Å². The number of hydrogen-bond donors (Lipinski definition) is 4. The van der Waals surface area contributed by atoms with Gasteiger partial charge in [-0.15, -0.1) is 11.3 Å². The van der Waals surface area contributed by atoms with Gasteiger partial charge in [0.15, 0.2) is 0 Å². The number of nitrogens with one attached hydrogen (secondary N) is 2. The van der Waals surface area contributed by atoms with Crippen LogP contribution in [0.1, 0.15) is 18.1 Å². The third-order valence-corrected chi connectivity index (χ3v) is 9.94. The first kappa shape index (κ1) is 31.1. The highest BCUT2D eigenvalue weighted by Crippen LogP contribution is 2.48. The number of ether oxygens (including phenoxy) is 1. The number of carbonyl (C=O) groups is 2. The quantitative estimate of drug-likeness (QED) is 0.126. The molecule has 0 radical (unpaired) electrons. The highest BCUT2D eigenvalue weighted by atomic mass is 32.3. The Morgan fingerprint density at radius 3 is 2.32 bits per heavy atom. The summed E-state index contributed by atoms with van der Waals surface area (Å²) < 4.78 is 31.3. The van der Waals surface area contributed by atoms with E-state index < -0.39 is 22.8 Å². The van der Waals surface area contributed by atoms with Crippen molar-refractivity contribution in [2.45, 2.75) is 31.2 Å². The van der Waals surface area contributed by atoms with E-state index in [-0.39, 0.29) is 17.2 Å². The smallest absolute Gasteiger partial charge is 0.334 e. The second-order valence-electron chi connectivity index (χ2n) is 10.2. The van der Waals surface area contributed by atoms with Crippen molar-refractivity contribution in [2.24, 2.45) is 0 Å². The van der Waals surface area contributed by atoms with Crippen LogP contribution in [0.4, 0.5) is 10.5 Å². The Morgan fingerprint density at radius 2 is 1.61 bits per heavy atom. The zero-order valence-electron chi connectivity index (χ0n) is 24.7. The van der Waals surface area contributed by atoms with Crippen LogP contribution in [-0.4, -0.2) is 40.7 Å². The molecule has 4 N–H and O–H groups in total. The molecule has 0 bridgehead atoms. The minimum Gasteiger partial charge on any atom is -0.497 e. The van der Waals surface area contributed by atoms with E-state index in [4.69, 9.17) is 4.74 Å². The monoisotopic (exact) mass is 629 g/mol. The van der Waals surface area contributed by atoms with Gasteiger partial charge in [-0.05, 0) is 72.3 Å². The fourth-order valence-corrected chi connectivity index (χ4v) is 7.43. The molecule has 0 aliphatic heterocycles. The lowest BCUT2D eigenvalue weighted by molar-refractivity contribution is -0.120. The van der Waals surface area contributed by atoms with Crippen molar-refractivity contribution in [3.63, 3.8) is 0 Å². The van der Waals surface area contributed by atoms with Crippen molar-refractivity contribution in [2.75, 3.05) is 18.6 Å². The van der Waals surface area contributed by atoms with Gasteiger partial charge in [-0.1, -0.05) is 71.4 Å². The number of carbonyl (C=O) groups excluding carboxylic acids is 2. The predicted molar refractivity (Wildman–Crippen MR) is 180 cm³/mol. The predicted octanol–water partition coefficient (Wildman–Crippen LogP) is 7.87. The zero-order valence-corrected chi connectivity index (χ0v) is 26.3. The fraction of sp³-hybridized carbons (Fsp3) is 0.176. The second-order valence-corrected chi connectivity index (χ2v) is 12.9. The van der Waals surface area contributed by atoms with Gasteiger partial charge in [0.1, 0.15) is 11.8 Å². The number of thiophene rings is 1. The number of urea groups is 1. The summed E-state index contributed by atoms with van der Waals surface area (Å²) in [5.74, 6) is 0.322. The van der Waals surface area contributed by atoms with Crippen LogP contribution < -0.4 is 19.7 Å². The van der Waals surface area contributed by atoms with Crippen LogP contribution in [-0.2, 0) is 11.2 Å². The van der Waals surface area contributed by atoms with Crippen molar-refractivity contribution in [3.8, 4) is 16.9 Å². The zero-order chi connectivity index (χ0) is 31.3. The van der Waals surface area contributed by atoms with Crippen LogP contribution in [0.2, 0.25) is 0 Å². The Hall–Kier alpha value is -4.35. The van der Waals surface area contributed by atoms with Gasteiger partial charge in [0.25, 0.3) is 0 Å². The number of likely N-dealkylation sites (N-methyl/N-ethyl adjacent to an activating group) is 1. The number of benzene rings is 4. The summed E-state index contributed by atoms with van der Waals surface area (Å²) in [6, 6.07) is 27.9. The van der Waals surface area contributed by atoms with Gasteiger partial charge in [0.2, 0.25) is 5.91 Å². The lowest BCUT2D eigenvalue weighted by atomic mass is 10.0. The van der Waals surface area contributed by atoms with Crippen molar-refractivity contribution >= 4 is 49.8 Å². The Morgan fingerprint density at radius 1 is 0.909 bits per heavy atom. The molecule has 0 fully saturated rings. The number of rotatable bonds is 10. The van der Waals surface area contributed by atoms with Crippen LogP contribution in [0.15, 0.2) is 107 Å². The lowest BCUT2D eigenvalue weighted by Gasteiger charge is -2.35. The number of hydrogen-bond acceptors (Lipinski definition) is 6. The maximum atomic E-state index is 13.9. The maximum Gasteiger partial charge on any atom is 0.334 e. The minimum absolute atomic E-state index is 0.207. The third-order valence-electron chi connectivity index (χ3n) is 7.45. The van der Waals surface area contributed by atoms with Gasteiger partial charge in [0, 0.05) is 34.3 Å². The molecule has 1 atom stereocenters. The molecule has 8 nitrogen and oxygen atoms in total. The highest BCUT2D eigenvalue weighted by Gasteiger charge is 2.29. The molecule has 0 saturated heterocycles. The molecule has 1 heterocycles. The molecule has 5 rings (SSSR count). The van der Waals surface area contributed by atoms with Crippen LogP contribution in [0.5, 0.6) is 5.75 Å². The molecule has 0 unspecified atom stereocenters. The normalized spacial score (nSPS) is 12.4. The average Bonchev–Trinajstić information content (AvgIpc) is 3.45. The summed E-state index contributed by atoms with van der Waals surface area (Å²) in [5.41, 5.74) is 3.96. The molecule has 4 aromatic carbocycles. The van der Waals surface area contributed by atoms with E-state index in [0.717, 1.165) is 26.8 Å². The molecule has 0 aliphatic rings. The van der Waals surface area contributed by atoms with E-state index in [0.29, 0.717) is 23.5 Å². The van der Waals surface area contributed by atoms with E-state index in [2.05, 4.69) is 10.0 Å². The molecule has 44 heavy (non-hydrogen) atoms. The summed E-state index contributed by atoms with van der Waals surface area (Å²) in [6.07, 6.45) is 0.207. The molecule has 3 amide bonds. The van der Waals surface area contributed by atoms with Crippen molar-refractivity contribution in [1.82, 2.24) is 10.0 Å². The Labute approximate surface area is 262 Å². The largest absolute Gasteiger partial charge is 0.497 e. The Kier molecular flexibility index (Phi) is 9.55. The first-order valence-corrected chi connectivity index (χ1v) is 16.6. The standard InChI is InChI=1S/C34H35N3O5S2/c1-4-37(25-17-19-26(42-3)20-18-25)33(38)30(21-24-11-6-5-7-12-24)35-34(39)36-44(40,41)32-16-10-14-27(23(32)2)29-22-43-31-15-9-8-13-28(29)31/h5-20,22,30,40-41H,4,21H2,1-3H3,(H2,35,36,39)/t30-/m0/s1. The summed E-state index contributed by atoms with van der Waals surface area (Å²) in [6.45, 7) is 4.02. The summed E-state index contributed by atoms with van der Waals surface area (Å²) in [5, 5.41) is 5.84. The first-order chi connectivity index (χ1) is 21.2. The van der Waals surface area contributed by atoms with Gasteiger partial charge in [-0.3, -0.25) is 13.9 Å². The Bertz CT molecular complexity index is 1760. The summed E-state index contributed by atoms with van der Waals surface area (Å²) in [4.78, 5) is 29.0. The lowest BCUT2D eigenvalue weighted by Crippen LogP contribution is -2.52. The van der Waals surface area contributed by atoms with E-state index in [9.17, 15) is 18.7 Å². The number of nitrogens with zero attached hydrogens (tertiary/aromatic N) is 1. The minimum atomic E-state index is -3.78. The molecular weight excluding hydrogens is 595 g/mol. The fourth-order valence-electron chi connectivity index (χ4n) is 5.24. The number of anilines is 1. The number of fused-ring (bicyclic) bond motifs is 1. The Balaban J connectivity index is 1.39. The molecule has 0 saturated carbocycles. The van der Waals surface area contributed by atoms with Gasteiger partial charge in [-0.25, -0.2) is 9.52 Å². The molecular formula is C34H35N3O5S2. The SMILES string of the molecule is CCN(C(=O)[C@H](Cc1ccccc1)NC(=O)NS(O)(O)c1cccc(-c2csc3ccccc23)c1C)c1ccc(OC)cc1. The maximum absolute atomic E-state index is 13.9. The van der Waals surface area contributed by atoms with Crippen LogP contribution >= 0.6 is 22.1 Å². The first-order valence-electron chi connectivity index (χ1n) is 14.1. The average molecular weight is 630 g/mol. The van der Waals surface area contributed by atoms with E-state index in [1.165, 1.54) is 0 Å². The van der Waals surface area contributed by atoms with E-state index in [1.807, 2.05) is 73.0 Å². The second kappa shape index (κ2) is 13.5. The van der Waals surface area contributed by atoms with Crippen molar-refractivity contribution in [3.05, 3.63) is 114 Å².